The number of hydrogen-bond acceptors (Lipinski definition) is 32. The van der Waals surface area contributed by atoms with Gasteiger partial charge >= 0.3 is 29.6 Å². The zero-order valence-electron chi connectivity index (χ0n) is 54.8. The standard InChI is InChI=1S/C61H100O32S.Na/c1-22(2)15-26(64)18-61(8,77)36-10-9-29-28-17-32(31-16-27(93-94(78,79)80)11-13-59(31,6)30(28)12-14-60(29,36)7)85-55-47(75)50(39(67)24(4)83-55)90-57-51(91-53-46(74)43(71)37(65)23(3)82-53)42(70)35(21-81-57)88-58-52(44(72)40(68)33(19-62)87-58)92-56-48(76)49(38(66)25(5)84-56)89-54-45(73)41(69)34(20-63)86-54;/h12,22-25,27-29,31-58,62-63,65-77H,9-11,13-21H2,1-8H3,(H,78,79,80);/q;+1/p-1/t23-,24-,25-,27+,28+,29+,31-,32+,33-,34+,35-,36+,37-,38+,39-,40+,41+,42+,43+,44+,45-,46-,47-,48-,49+,50+,51-,52-,53+,54+,55+,56+,57+,58+,59-,60+,61+;/m1./s1. The summed E-state index contributed by atoms with van der Waals surface area (Å²) >= 11 is 0. The minimum atomic E-state index is -5.16. The second kappa shape index (κ2) is 30.9. The first-order chi connectivity index (χ1) is 44.0. The quantitative estimate of drug-likeness (QED) is 0.0220. The molecule has 32 nitrogen and oxygen atoms in total. The van der Waals surface area contributed by atoms with Crippen LogP contribution in [0.3, 0.4) is 0 Å². The molecule has 0 aromatic rings. The number of ether oxygens (including phenoxy) is 12. The molecule has 542 valence electrons. The van der Waals surface area contributed by atoms with Crippen LogP contribution in [0.5, 0.6) is 0 Å². The fourth-order valence-electron chi connectivity index (χ4n) is 17.0. The zero-order chi connectivity index (χ0) is 68.7. The molecule has 10 aliphatic rings. The molecule has 0 amide bonds. The van der Waals surface area contributed by atoms with Crippen molar-refractivity contribution in [3.05, 3.63) is 11.6 Å². The summed E-state index contributed by atoms with van der Waals surface area (Å²) in [6.45, 7) is 11.6. The summed E-state index contributed by atoms with van der Waals surface area (Å²) in [5, 5.41) is 168. The van der Waals surface area contributed by atoms with Gasteiger partial charge < -0.3 is 138 Å². The van der Waals surface area contributed by atoms with Gasteiger partial charge in [0, 0.05) is 12.8 Å². The Bertz CT molecular complexity index is 2700. The number of allylic oxidation sites excluding steroid dienone is 2. The molecule has 9 fully saturated rings. The zero-order valence-corrected chi connectivity index (χ0v) is 57.6. The number of carbonyl (C=O) groups is 1. The molecule has 0 aromatic carbocycles. The second-order valence-electron chi connectivity index (χ2n) is 29.0. The number of rotatable bonds is 21. The number of hydrogen-bond donors (Lipinski definition) is 15. The molecule has 34 heteroatoms. The molecule has 0 bridgehead atoms. The van der Waals surface area contributed by atoms with Crippen LogP contribution in [-0.4, -0.2) is 305 Å². The van der Waals surface area contributed by atoms with Crippen molar-refractivity contribution in [2.24, 2.45) is 40.4 Å². The van der Waals surface area contributed by atoms with Crippen LogP contribution in [0.1, 0.15) is 113 Å². The van der Waals surface area contributed by atoms with Crippen molar-refractivity contribution in [3.8, 4) is 0 Å². The van der Waals surface area contributed by atoms with Gasteiger partial charge in [-0.2, -0.15) is 0 Å². The van der Waals surface area contributed by atoms with Crippen molar-refractivity contribution >= 4 is 16.2 Å². The van der Waals surface area contributed by atoms with Crippen LogP contribution in [0.2, 0.25) is 0 Å². The third-order valence-electron chi connectivity index (χ3n) is 22.1. The van der Waals surface area contributed by atoms with Crippen molar-refractivity contribution in [1.82, 2.24) is 0 Å². The summed E-state index contributed by atoms with van der Waals surface area (Å²) in [5.74, 6) is -0.975. The van der Waals surface area contributed by atoms with Crippen LogP contribution in [-0.2, 0) is 76.2 Å². The van der Waals surface area contributed by atoms with Crippen molar-refractivity contribution in [1.29, 1.82) is 0 Å². The minimum absolute atomic E-state index is 0. The summed E-state index contributed by atoms with van der Waals surface area (Å²) in [6.07, 6.45) is -45.5. The third-order valence-corrected chi connectivity index (χ3v) is 22.6. The average molecular weight is 1400 g/mol. The molecule has 0 unspecified atom stereocenters. The van der Waals surface area contributed by atoms with Crippen LogP contribution in [0, 0.1) is 40.4 Å². The van der Waals surface area contributed by atoms with Crippen molar-refractivity contribution < 1.29 is 185 Å². The van der Waals surface area contributed by atoms with E-state index in [0.29, 0.717) is 32.1 Å². The molecule has 4 aliphatic carbocycles. The van der Waals surface area contributed by atoms with Crippen LogP contribution >= 0.6 is 0 Å². The van der Waals surface area contributed by atoms with Gasteiger partial charge in [-0.3, -0.25) is 8.98 Å². The molecule has 95 heavy (non-hydrogen) atoms. The number of Topliss-reactive ketones (excluding diaryl/α,β-unsaturated/α-hetero) is 1. The number of carbonyl (C=O) groups excluding carboxylic acids is 1. The molecule has 0 aromatic heterocycles. The summed E-state index contributed by atoms with van der Waals surface area (Å²) in [5.41, 5.74) is -1.39. The van der Waals surface area contributed by atoms with Crippen LogP contribution in [0.4, 0.5) is 0 Å². The molecule has 15 N–H and O–H groups in total. The van der Waals surface area contributed by atoms with Gasteiger partial charge in [0.25, 0.3) is 0 Å². The molecular weight excluding hydrogens is 1300 g/mol. The number of aliphatic hydroxyl groups is 15. The average Bonchev–Trinajstić information content (AvgIpc) is 1.68. The van der Waals surface area contributed by atoms with Gasteiger partial charge in [0.15, 0.2) is 37.7 Å². The van der Waals surface area contributed by atoms with Gasteiger partial charge in [-0.1, -0.05) is 39.3 Å². The van der Waals surface area contributed by atoms with E-state index in [-0.39, 0.29) is 84.7 Å². The van der Waals surface area contributed by atoms with E-state index in [2.05, 4.69) is 19.9 Å². The summed E-state index contributed by atoms with van der Waals surface area (Å²) < 4.78 is 114. The van der Waals surface area contributed by atoms with E-state index in [1.165, 1.54) is 20.8 Å². The Hall–Kier alpha value is -0.800. The van der Waals surface area contributed by atoms with Gasteiger partial charge in [-0.15, -0.1) is 0 Å². The normalized spacial score (nSPS) is 51.0. The molecule has 6 aliphatic heterocycles. The van der Waals surface area contributed by atoms with E-state index in [0.717, 1.165) is 5.57 Å². The Morgan fingerprint density at radius 2 is 1.09 bits per heavy atom. The predicted octanol–water partition coefficient (Wildman–Crippen LogP) is -7.55. The topological polar surface area (TPSA) is 498 Å². The number of fused-ring (bicyclic) bond motifs is 5. The van der Waals surface area contributed by atoms with Gasteiger partial charge in [0.2, 0.25) is 10.4 Å². The van der Waals surface area contributed by atoms with Crippen molar-refractivity contribution in [2.75, 3.05) is 19.8 Å². The predicted molar refractivity (Wildman–Crippen MR) is 310 cm³/mol. The van der Waals surface area contributed by atoms with Crippen LogP contribution < -0.4 is 29.6 Å². The largest absolute Gasteiger partial charge is 1.00 e. The van der Waals surface area contributed by atoms with E-state index in [1.54, 1.807) is 6.92 Å². The Kier molecular flexibility index (Phi) is 25.5. The van der Waals surface area contributed by atoms with Crippen LogP contribution in [0.15, 0.2) is 11.6 Å². The number of aliphatic hydroxyl groups excluding tert-OH is 14. The Balaban J connectivity index is 0.0000106. The van der Waals surface area contributed by atoms with E-state index in [9.17, 15) is 94.4 Å². The maximum absolute atomic E-state index is 13.3. The first kappa shape index (κ1) is 78.3. The van der Waals surface area contributed by atoms with Gasteiger partial charge in [0.1, 0.15) is 122 Å². The Morgan fingerprint density at radius 1 is 0.600 bits per heavy atom. The Morgan fingerprint density at radius 3 is 1.67 bits per heavy atom. The molecule has 0 spiro atoms. The molecule has 37 atom stereocenters. The first-order valence-electron chi connectivity index (χ1n) is 32.8. The maximum Gasteiger partial charge on any atom is 1.00 e. The van der Waals surface area contributed by atoms with Gasteiger partial charge in [-0.05, 0) is 113 Å². The SMILES string of the molecule is CC(C)CC(=O)C[C@](C)(O)[C@H]1CC[C@H]2[C@@H]3C[C@H](O[C@@H]4O[C@H](C)[C@@H](O)[C@H](O[C@@H]5OC[C@@H](O[C@@H]6O[C@H](CO)[C@H](O)[C@H](O)[C@H]6O[C@@H]6O[C@H](C)[C@H](O)[C@H](O[C@@H]7O[C@@H](CO)[C@H](O)[C@H]7O)[C@H]6O)[C@H](O)[C@H]5O[C@@H]5O[C@H](C)[C@@H](O)[C@H](O)[C@H]5O)[C@H]4O)[C@H]4C[C@@H](OS(=O)(=O)[O-])CC[C@]4(C)C3=CC[C@@]21C.[Na+]. The molecular formula is C61H99NaO32S. The van der Waals surface area contributed by atoms with E-state index in [4.69, 9.17) is 61.0 Å². The summed E-state index contributed by atoms with van der Waals surface area (Å²) in [6, 6.07) is 0. The summed E-state index contributed by atoms with van der Waals surface area (Å²) in [4.78, 5) is 13.3. The molecule has 3 saturated carbocycles. The van der Waals surface area contributed by atoms with Crippen molar-refractivity contribution in [3.63, 3.8) is 0 Å². The van der Waals surface area contributed by atoms with E-state index in [1.807, 2.05) is 13.8 Å². The first-order valence-corrected chi connectivity index (χ1v) is 34.1. The summed E-state index contributed by atoms with van der Waals surface area (Å²) in [7, 11) is -5.16. The molecule has 6 saturated heterocycles. The fraction of sp³-hybridized carbons (Fsp3) is 0.951. The second-order valence-corrected chi connectivity index (χ2v) is 30.0. The van der Waals surface area contributed by atoms with E-state index < -0.39 is 237 Å². The van der Waals surface area contributed by atoms with Crippen molar-refractivity contribution in [2.45, 2.75) is 303 Å². The third kappa shape index (κ3) is 15.8. The van der Waals surface area contributed by atoms with E-state index >= 15 is 0 Å². The maximum atomic E-state index is 13.3. The number of ketones is 1. The van der Waals surface area contributed by atoms with Gasteiger partial charge in [0.05, 0.1) is 55.9 Å². The molecule has 0 radical (unpaired) electrons. The fourth-order valence-corrected chi connectivity index (χ4v) is 17.5. The monoisotopic (exact) mass is 1400 g/mol. The smallest absolute Gasteiger partial charge is 0.726 e. The molecule has 10 rings (SSSR count). The Labute approximate surface area is 573 Å². The molecule has 6 heterocycles. The minimum Gasteiger partial charge on any atom is -0.726 e. The van der Waals surface area contributed by atoms with Crippen LogP contribution in [0.25, 0.3) is 0 Å². The van der Waals surface area contributed by atoms with Gasteiger partial charge in [-0.25, -0.2) is 8.42 Å².